The van der Waals surface area contributed by atoms with Crippen LogP contribution in [0.25, 0.3) is 0 Å². The lowest BCUT2D eigenvalue weighted by molar-refractivity contribution is -0.121. The Kier molecular flexibility index (Phi) is 8.37. The average Bonchev–Trinajstić information content (AvgIpc) is 2.69. The van der Waals surface area contributed by atoms with Gasteiger partial charge in [0.1, 0.15) is 0 Å². The molecule has 29 heavy (non-hydrogen) atoms. The van der Waals surface area contributed by atoms with Gasteiger partial charge in [-0.3, -0.25) is 4.79 Å². The molecule has 6 nitrogen and oxygen atoms in total. The van der Waals surface area contributed by atoms with Gasteiger partial charge in [-0.2, -0.15) is 0 Å². The van der Waals surface area contributed by atoms with Gasteiger partial charge < -0.3 is 15.2 Å². The molecule has 2 N–H and O–H groups in total. The number of aliphatic hydroxyl groups is 1. The molecule has 1 atom stereocenters. The molecule has 0 aliphatic carbocycles. The number of amides is 1. The summed E-state index contributed by atoms with van der Waals surface area (Å²) in [5.41, 5.74) is 2.78. The van der Waals surface area contributed by atoms with E-state index in [2.05, 4.69) is 5.32 Å². The summed E-state index contributed by atoms with van der Waals surface area (Å²) in [5.74, 6) is -0.186. The van der Waals surface area contributed by atoms with E-state index in [1.165, 1.54) is 12.1 Å². The van der Waals surface area contributed by atoms with Gasteiger partial charge in [0.05, 0.1) is 35.9 Å². The minimum Gasteiger partial charge on any atom is -0.394 e. The number of aliphatic hydroxyl groups excluding tert-OH is 1. The lowest BCUT2D eigenvalue weighted by Gasteiger charge is -2.19. The largest absolute Gasteiger partial charge is 0.394 e. The molecule has 2 aromatic rings. The van der Waals surface area contributed by atoms with Crippen LogP contribution in [0.4, 0.5) is 0 Å². The third kappa shape index (κ3) is 6.66. The highest BCUT2D eigenvalue weighted by Crippen LogP contribution is 2.18. The van der Waals surface area contributed by atoms with Crippen molar-refractivity contribution in [3.8, 4) is 0 Å². The van der Waals surface area contributed by atoms with Crippen LogP contribution in [0.1, 0.15) is 36.6 Å². The lowest BCUT2D eigenvalue weighted by Crippen LogP contribution is -2.31. The van der Waals surface area contributed by atoms with E-state index in [9.17, 15) is 13.2 Å². The summed E-state index contributed by atoms with van der Waals surface area (Å²) >= 11 is 0. The Morgan fingerprint density at radius 1 is 1.07 bits per heavy atom. The fourth-order valence-electron chi connectivity index (χ4n) is 2.77. The van der Waals surface area contributed by atoms with E-state index >= 15 is 0 Å². The first-order chi connectivity index (χ1) is 13.7. The van der Waals surface area contributed by atoms with Crippen molar-refractivity contribution in [1.29, 1.82) is 0 Å². The second-order valence-electron chi connectivity index (χ2n) is 7.21. The van der Waals surface area contributed by atoms with Crippen LogP contribution in [-0.4, -0.2) is 44.4 Å². The fraction of sp³-hybridized carbons (Fsp3) is 0.409. The van der Waals surface area contributed by atoms with Crippen LogP contribution in [0, 0.1) is 6.92 Å². The summed E-state index contributed by atoms with van der Waals surface area (Å²) in [7, 11) is -3.32. The number of aryl methyl sites for hydroxylation is 1. The summed E-state index contributed by atoms with van der Waals surface area (Å²) in [6.07, 6.45) is -0.215. The Morgan fingerprint density at radius 3 is 2.24 bits per heavy atom. The molecule has 7 heteroatoms. The zero-order chi connectivity index (χ0) is 21.4. The molecule has 0 spiro atoms. The Labute approximate surface area is 172 Å². The SMILES string of the molecule is Cc1ccc(C(CNC(=O)Cc2ccc(S(=O)(=O)C(C)C)cc2)OCCO)cc1. The molecule has 0 fully saturated rings. The van der Waals surface area contributed by atoms with Crippen molar-refractivity contribution in [2.45, 2.75) is 43.4 Å². The molecule has 0 aliphatic rings. The van der Waals surface area contributed by atoms with Crippen LogP contribution < -0.4 is 5.32 Å². The second-order valence-corrected chi connectivity index (χ2v) is 9.72. The zero-order valence-corrected chi connectivity index (χ0v) is 17.9. The highest BCUT2D eigenvalue weighted by atomic mass is 32.2. The molecule has 0 aliphatic heterocycles. The van der Waals surface area contributed by atoms with Gasteiger partial charge in [-0.05, 0) is 44.0 Å². The summed E-state index contributed by atoms with van der Waals surface area (Å²) < 4.78 is 30.0. The molecule has 0 heterocycles. The normalized spacial score (nSPS) is 12.7. The van der Waals surface area contributed by atoms with Gasteiger partial charge in [0.15, 0.2) is 9.84 Å². The van der Waals surface area contributed by atoms with Crippen molar-refractivity contribution in [3.05, 3.63) is 65.2 Å². The van der Waals surface area contributed by atoms with Crippen LogP contribution >= 0.6 is 0 Å². The Bertz CT molecular complexity index is 890. The molecular weight excluding hydrogens is 390 g/mol. The van der Waals surface area contributed by atoms with Gasteiger partial charge in [-0.1, -0.05) is 42.0 Å². The van der Waals surface area contributed by atoms with Crippen LogP contribution in [0.15, 0.2) is 53.4 Å². The number of ether oxygens (including phenoxy) is 1. The van der Waals surface area contributed by atoms with Crippen molar-refractivity contribution >= 4 is 15.7 Å². The maximum Gasteiger partial charge on any atom is 0.224 e. The Hall–Kier alpha value is -2.22. The lowest BCUT2D eigenvalue weighted by atomic mass is 10.1. The van der Waals surface area contributed by atoms with Gasteiger partial charge in [0, 0.05) is 6.54 Å². The van der Waals surface area contributed by atoms with Gasteiger partial charge >= 0.3 is 0 Å². The van der Waals surface area contributed by atoms with Crippen molar-refractivity contribution < 1.29 is 23.1 Å². The van der Waals surface area contributed by atoms with Crippen LogP contribution in [0.2, 0.25) is 0 Å². The van der Waals surface area contributed by atoms with E-state index < -0.39 is 15.1 Å². The van der Waals surface area contributed by atoms with Crippen LogP contribution in [0.5, 0.6) is 0 Å². The molecule has 1 amide bonds. The molecule has 2 rings (SSSR count). The number of hydrogen-bond donors (Lipinski definition) is 2. The summed E-state index contributed by atoms with van der Waals surface area (Å²) in [4.78, 5) is 12.6. The first kappa shape index (κ1) is 23.1. The van der Waals surface area contributed by atoms with Gasteiger partial charge in [0.2, 0.25) is 5.91 Å². The number of benzene rings is 2. The monoisotopic (exact) mass is 419 g/mol. The number of nitrogens with one attached hydrogen (secondary N) is 1. The molecule has 0 saturated carbocycles. The predicted molar refractivity (Wildman–Crippen MR) is 112 cm³/mol. The maximum atomic E-state index is 12.3. The zero-order valence-electron chi connectivity index (χ0n) is 17.1. The third-order valence-electron chi connectivity index (χ3n) is 4.58. The Morgan fingerprint density at radius 2 is 1.69 bits per heavy atom. The molecule has 2 aromatic carbocycles. The minimum atomic E-state index is -3.32. The van der Waals surface area contributed by atoms with Crippen LogP contribution in [0.3, 0.4) is 0 Å². The molecule has 0 bridgehead atoms. The molecule has 0 aromatic heterocycles. The quantitative estimate of drug-likeness (QED) is 0.618. The standard InChI is InChI=1S/C22H29NO5S/c1-16(2)29(26,27)20-10-6-18(7-11-20)14-22(25)23-15-21(28-13-12-24)19-8-4-17(3)5-9-19/h4-11,16,21,24H,12-15H2,1-3H3,(H,23,25). The summed E-state index contributed by atoms with van der Waals surface area (Å²) in [6.45, 7) is 5.64. The van der Waals surface area contributed by atoms with Crippen molar-refractivity contribution in [2.75, 3.05) is 19.8 Å². The van der Waals surface area contributed by atoms with E-state index in [1.54, 1.807) is 26.0 Å². The topological polar surface area (TPSA) is 92.7 Å². The van der Waals surface area contributed by atoms with Crippen LogP contribution in [-0.2, 0) is 25.8 Å². The van der Waals surface area contributed by atoms with E-state index in [0.717, 1.165) is 16.7 Å². The summed E-state index contributed by atoms with van der Waals surface area (Å²) in [5, 5.41) is 11.4. The van der Waals surface area contributed by atoms with Gasteiger partial charge in [-0.15, -0.1) is 0 Å². The van der Waals surface area contributed by atoms with Crippen molar-refractivity contribution in [2.24, 2.45) is 0 Å². The van der Waals surface area contributed by atoms with E-state index in [0.29, 0.717) is 0 Å². The number of sulfone groups is 1. The minimum absolute atomic E-state index is 0.0953. The van der Waals surface area contributed by atoms with Crippen molar-refractivity contribution in [3.63, 3.8) is 0 Å². The number of carbonyl (C=O) groups excluding carboxylic acids is 1. The average molecular weight is 420 g/mol. The summed E-state index contributed by atoms with van der Waals surface area (Å²) in [6, 6.07) is 14.2. The van der Waals surface area contributed by atoms with Gasteiger partial charge in [-0.25, -0.2) is 8.42 Å². The molecule has 158 valence electrons. The van der Waals surface area contributed by atoms with Crippen molar-refractivity contribution in [1.82, 2.24) is 5.32 Å². The smallest absolute Gasteiger partial charge is 0.224 e. The first-order valence-corrected chi connectivity index (χ1v) is 11.2. The van der Waals surface area contributed by atoms with E-state index in [-0.39, 0.29) is 43.1 Å². The molecular formula is C22H29NO5S. The fourth-order valence-corrected chi connectivity index (χ4v) is 3.83. The third-order valence-corrected chi connectivity index (χ3v) is 6.75. The highest BCUT2D eigenvalue weighted by Gasteiger charge is 2.19. The maximum absolute atomic E-state index is 12.3. The molecule has 0 radical (unpaired) electrons. The molecule has 0 saturated heterocycles. The Balaban J connectivity index is 1.97. The number of hydrogen-bond acceptors (Lipinski definition) is 5. The van der Waals surface area contributed by atoms with Gasteiger partial charge in [0.25, 0.3) is 0 Å². The number of carbonyl (C=O) groups is 1. The van der Waals surface area contributed by atoms with E-state index in [1.807, 2.05) is 31.2 Å². The number of rotatable bonds is 10. The molecule has 1 unspecified atom stereocenters. The highest BCUT2D eigenvalue weighted by molar-refractivity contribution is 7.92. The first-order valence-electron chi connectivity index (χ1n) is 9.62. The second kappa shape index (κ2) is 10.5. The predicted octanol–water partition coefficient (Wildman–Crippen LogP) is 2.59. The van der Waals surface area contributed by atoms with E-state index in [4.69, 9.17) is 9.84 Å².